The summed E-state index contributed by atoms with van der Waals surface area (Å²) in [7, 11) is 0. The van der Waals surface area contributed by atoms with Crippen LogP contribution in [0, 0.1) is 5.92 Å². The van der Waals surface area contributed by atoms with E-state index in [9.17, 15) is 9.90 Å². The summed E-state index contributed by atoms with van der Waals surface area (Å²) in [6.07, 6.45) is 0.252. The molecule has 3 rings (SSSR count). The lowest BCUT2D eigenvalue weighted by Crippen LogP contribution is -2.39. The Balaban J connectivity index is 1.68. The number of carbonyl (C=O) groups is 1. The van der Waals surface area contributed by atoms with E-state index in [2.05, 4.69) is 43.4 Å². The van der Waals surface area contributed by atoms with Crippen molar-refractivity contribution in [3.05, 3.63) is 59.7 Å². The standard InChI is InChI=1S/C21H25NO3/c1-14(2)11-15(12-23)22-21(24)25-13-20-18-9-5-3-7-16(18)17-8-4-6-10-19(17)20/h3-10,14-15,20,23H,11-13H2,1-2H3,(H,22,24)/t15-/m0/s1. The molecule has 0 unspecified atom stereocenters. The topological polar surface area (TPSA) is 58.6 Å². The molecule has 4 heteroatoms. The van der Waals surface area contributed by atoms with Crippen molar-refractivity contribution in [1.29, 1.82) is 0 Å². The van der Waals surface area contributed by atoms with Crippen LogP contribution in [0.5, 0.6) is 0 Å². The lowest BCUT2D eigenvalue weighted by atomic mass is 9.98. The average molecular weight is 339 g/mol. The molecular weight excluding hydrogens is 314 g/mol. The Morgan fingerprint density at radius 3 is 2.16 bits per heavy atom. The molecule has 1 aliphatic rings. The first kappa shape index (κ1) is 17.5. The number of benzene rings is 2. The fourth-order valence-electron chi connectivity index (χ4n) is 3.55. The highest BCUT2D eigenvalue weighted by molar-refractivity contribution is 5.79. The highest BCUT2D eigenvalue weighted by Crippen LogP contribution is 2.44. The summed E-state index contributed by atoms with van der Waals surface area (Å²) in [5, 5.41) is 12.2. The lowest BCUT2D eigenvalue weighted by molar-refractivity contribution is 0.129. The predicted octanol–water partition coefficient (Wildman–Crippen LogP) is 3.93. The summed E-state index contributed by atoms with van der Waals surface area (Å²) in [5.41, 5.74) is 4.80. The molecule has 0 bridgehead atoms. The second kappa shape index (κ2) is 7.70. The van der Waals surface area contributed by atoms with Crippen molar-refractivity contribution in [3.8, 4) is 11.1 Å². The number of aliphatic hydroxyl groups is 1. The molecule has 1 aliphatic carbocycles. The third-order valence-corrected chi connectivity index (χ3v) is 4.64. The molecule has 0 aliphatic heterocycles. The predicted molar refractivity (Wildman–Crippen MR) is 98.5 cm³/mol. The van der Waals surface area contributed by atoms with Gasteiger partial charge in [-0.3, -0.25) is 0 Å². The van der Waals surface area contributed by atoms with Gasteiger partial charge in [0.15, 0.2) is 0 Å². The average Bonchev–Trinajstić information content (AvgIpc) is 2.93. The van der Waals surface area contributed by atoms with Crippen molar-refractivity contribution in [2.45, 2.75) is 32.2 Å². The number of nitrogens with one attached hydrogen (secondary N) is 1. The first-order chi connectivity index (χ1) is 12.1. The van der Waals surface area contributed by atoms with E-state index in [-0.39, 0.29) is 18.6 Å². The van der Waals surface area contributed by atoms with Crippen LogP contribution in [0.3, 0.4) is 0 Å². The SMILES string of the molecule is CC(C)C[C@@H](CO)NC(=O)OCC1c2ccccc2-c2ccccc21. The molecule has 1 amide bonds. The van der Waals surface area contributed by atoms with E-state index in [1.54, 1.807) is 0 Å². The number of fused-ring (bicyclic) bond motifs is 3. The van der Waals surface area contributed by atoms with Gasteiger partial charge in [-0.05, 0) is 34.6 Å². The van der Waals surface area contributed by atoms with E-state index in [1.165, 1.54) is 22.3 Å². The van der Waals surface area contributed by atoms with E-state index in [0.29, 0.717) is 12.5 Å². The second-order valence-electron chi connectivity index (χ2n) is 6.98. The van der Waals surface area contributed by atoms with Gasteiger partial charge in [-0.25, -0.2) is 4.79 Å². The summed E-state index contributed by atoms with van der Waals surface area (Å²) in [6.45, 7) is 4.33. The zero-order chi connectivity index (χ0) is 17.8. The van der Waals surface area contributed by atoms with Crippen LogP contribution in [-0.2, 0) is 4.74 Å². The Morgan fingerprint density at radius 2 is 1.64 bits per heavy atom. The fraction of sp³-hybridized carbons (Fsp3) is 0.381. The summed E-state index contributed by atoms with van der Waals surface area (Å²) in [4.78, 5) is 12.1. The molecule has 0 radical (unpaired) electrons. The number of alkyl carbamates (subject to hydrolysis) is 1. The maximum atomic E-state index is 12.1. The molecule has 132 valence electrons. The molecule has 1 atom stereocenters. The van der Waals surface area contributed by atoms with Gasteiger partial charge in [-0.1, -0.05) is 62.4 Å². The summed E-state index contributed by atoms with van der Waals surface area (Å²) in [6, 6.07) is 16.2. The number of hydrogen-bond donors (Lipinski definition) is 2. The third-order valence-electron chi connectivity index (χ3n) is 4.64. The van der Waals surface area contributed by atoms with Crippen LogP contribution in [0.1, 0.15) is 37.3 Å². The van der Waals surface area contributed by atoms with Crippen molar-refractivity contribution < 1.29 is 14.6 Å². The van der Waals surface area contributed by atoms with E-state index >= 15 is 0 Å². The van der Waals surface area contributed by atoms with Crippen molar-refractivity contribution in [2.24, 2.45) is 5.92 Å². The molecule has 4 nitrogen and oxygen atoms in total. The highest BCUT2D eigenvalue weighted by Gasteiger charge is 2.29. The van der Waals surface area contributed by atoms with Crippen LogP contribution in [0.4, 0.5) is 4.79 Å². The number of carbonyl (C=O) groups excluding carboxylic acids is 1. The summed E-state index contributed by atoms with van der Waals surface area (Å²) < 4.78 is 5.49. The first-order valence-corrected chi connectivity index (χ1v) is 8.82. The number of aliphatic hydroxyl groups excluding tert-OH is 1. The van der Waals surface area contributed by atoms with E-state index in [4.69, 9.17) is 4.74 Å². The van der Waals surface area contributed by atoms with Crippen LogP contribution >= 0.6 is 0 Å². The van der Waals surface area contributed by atoms with Crippen LogP contribution in [0.25, 0.3) is 11.1 Å². The van der Waals surface area contributed by atoms with Gasteiger partial charge in [0.25, 0.3) is 0 Å². The zero-order valence-corrected chi connectivity index (χ0v) is 14.7. The van der Waals surface area contributed by atoms with Crippen LogP contribution < -0.4 is 5.32 Å². The molecular formula is C21H25NO3. The number of amides is 1. The Bertz CT molecular complexity index is 696. The smallest absolute Gasteiger partial charge is 0.407 e. The third kappa shape index (κ3) is 3.85. The molecule has 0 saturated carbocycles. The molecule has 0 fully saturated rings. The maximum absolute atomic E-state index is 12.1. The van der Waals surface area contributed by atoms with Crippen LogP contribution in [-0.4, -0.2) is 30.5 Å². The molecule has 0 aromatic heterocycles. The Hall–Kier alpha value is -2.33. The molecule has 0 saturated heterocycles. The van der Waals surface area contributed by atoms with Gasteiger partial charge < -0.3 is 15.2 Å². The van der Waals surface area contributed by atoms with Gasteiger partial charge in [0.2, 0.25) is 0 Å². The number of ether oxygens (including phenoxy) is 1. The van der Waals surface area contributed by atoms with Crippen molar-refractivity contribution >= 4 is 6.09 Å². The fourth-order valence-corrected chi connectivity index (χ4v) is 3.55. The molecule has 0 heterocycles. The Morgan fingerprint density at radius 1 is 1.08 bits per heavy atom. The Kier molecular flexibility index (Phi) is 5.39. The second-order valence-corrected chi connectivity index (χ2v) is 6.98. The Labute approximate surface area is 148 Å². The molecule has 0 spiro atoms. The van der Waals surface area contributed by atoms with Gasteiger partial charge in [0.05, 0.1) is 12.6 Å². The van der Waals surface area contributed by atoms with E-state index < -0.39 is 6.09 Å². The number of hydrogen-bond acceptors (Lipinski definition) is 3. The summed E-state index contributed by atoms with van der Waals surface area (Å²) >= 11 is 0. The minimum Gasteiger partial charge on any atom is -0.449 e. The van der Waals surface area contributed by atoms with Gasteiger partial charge >= 0.3 is 6.09 Å². The molecule has 2 N–H and O–H groups in total. The minimum absolute atomic E-state index is 0.0517. The van der Waals surface area contributed by atoms with E-state index in [1.807, 2.05) is 24.3 Å². The van der Waals surface area contributed by atoms with Gasteiger partial charge in [0, 0.05) is 5.92 Å². The zero-order valence-electron chi connectivity index (χ0n) is 14.7. The quantitative estimate of drug-likeness (QED) is 0.838. The maximum Gasteiger partial charge on any atom is 0.407 e. The van der Waals surface area contributed by atoms with Gasteiger partial charge in [0.1, 0.15) is 6.61 Å². The minimum atomic E-state index is -0.471. The summed E-state index contributed by atoms with van der Waals surface area (Å²) in [5.74, 6) is 0.446. The van der Waals surface area contributed by atoms with Gasteiger partial charge in [-0.15, -0.1) is 0 Å². The van der Waals surface area contributed by atoms with Crippen LogP contribution in [0.2, 0.25) is 0 Å². The van der Waals surface area contributed by atoms with Crippen molar-refractivity contribution in [1.82, 2.24) is 5.32 Å². The normalized spacial score (nSPS) is 14.1. The molecule has 2 aromatic carbocycles. The van der Waals surface area contributed by atoms with Gasteiger partial charge in [-0.2, -0.15) is 0 Å². The highest BCUT2D eigenvalue weighted by atomic mass is 16.5. The molecule has 25 heavy (non-hydrogen) atoms. The van der Waals surface area contributed by atoms with Crippen LogP contribution in [0.15, 0.2) is 48.5 Å². The lowest BCUT2D eigenvalue weighted by Gasteiger charge is -2.19. The monoisotopic (exact) mass is 339 g/mol. The first-order valence-electron chi connectivity index (χ1n) is 8.82. The largest absolute Gasteiger partial charge is 0.449 e. The molecule has 2 aromatic rings. The van der Waals surface area contributed by atoms with Crippen molar-refractivity contribution in [2.75, 3.05) is 13.2 Å². The van der Waals surface area contributed by atoms with E-state index in [0.717, 1.165) is 6.42 Å². The van der Waals surface area contributed by atoms with Crippen molar-refractivity contribution in [3.63, 3.8) is 0 Å². The number of rotatable bonds is 6.